The van der Waals surface area contributed by atoms with E-state index in [1.165, 1.54) is 17.3 Å². The molecule has 22 heavy (non-hydrogen) atoms. The second kappa shape index (κ2) is 6.57. The third-order valence-corrected chi connectivity index (χ3v) is 4.37. The van der Waals surface area contributed by atoms with E-state index in [1.54, 1.807) is 4.68 Å². The Morgan fingerprint density at radius 3 is 2.41 bits per heavy atom. The van der Waals surface area contributed by atoms with Gasteiger partial charge in [0, 0.05) is 18.0 Å². The number of nitrogens with zero attached hydrogens (tertiary/aromatic N) is 2. The van der Waals surface area contributed by atoms with E-state index in [9.17, 15) is 4.79 Å². The average Bonchev–Trinajstić information content (AvgIpc) is 2.74. The molecule has 0 aliphatic rings. The molecule has 5 heteroatoms. The molecule has 118 valence electrons. The summed E-state index contributed by atoms with van der Waals surface area (Å²) in [7, 11) is 1.82. The van der Waals surface area contributed by atoms with Crippen molar-refractivity contribution < 1.29 is 4.79 Å². The molecule has 0 saturated carbocycles. The fraction of sp³-hybridized carbons (Fsp3) is 0.412. The van der Waals surface area contributed by atoms with Gasteiger partial charge in [0.25, 0.3) is 0 Å². The highest BCUT2D eigenvalue weighted by Gasteiger charge is 2.13. The average molecular weight is 317 g/mol. The molecule has 1 aromatic carbocycles. The first-order valence-electron chi connectivity index (χ1n) is 7.29. The Hall–Kier alpha value is -1.75. The molecule has 0 unspecified atom stereocenters. The SMILES string of the molecule is Cc1cc(NC(=O)CSc2ccc(C(C)(C)C)cc2)n(C)n1. The van der Waals surface area contributed by atoms with Gasteiger partial charge in [0.15, 0.2) is 0 Å². The number of anilines is 1. The van der Waals surface area contributed by atoms with Gasteiger partial charge in [0.1, 0.15) is 5.82 Å². The van der Waals surface area contributed by atoms with Crippen LogP contribution in [0.3, 0.4) is 0 Å². The summed E-state index contributed by atoms with van der Waals surface area (Å²) in [4.78, 5) is 13.1. The molecule has 4 nitrogen and oxygen atoms in total. The standard InChI is InChI=1S/C17H23N3OS/c1-12-10-15(20(5)19-12)18-16(21)11-22-14-8-6-13(7-9-14)17(2,3)4/h6-10H,11H2,1-5H3,(H,18,21). The van der Waals surface area contributed by atoms with Gasteiger partial charge in [-0.25, -0.2) is 0 Å². The molecule has 0 fully saturated rings. The second-order valence-electron chi connectivity index (χ2n) is 6.41. The van der Waals surface area contributed by atoms with Crippen LogP contribution in [0, 0.1) is 6.92 Å². The molecule has 1 heterocycles. The number of hydrogen-bond donors (Lipinski definition) is 1. The summed E-state index contributed by atoms with van der Waals surface area (Å²) in [5.41, 5.74) is 2.34. The van der Waals surface area contributed by atoms with E-state index in [-0.39, 0.29) is 11.3 Å². The Balaban J connectivity index is 1.90. The van der Waals surface area contributed by atoms with Gasteiger partial charge in [0.2, 0.25) is 5.91 Å². The minimum absolute atomic E-state index is 0.0205. The van der Waals surface area contributed by atoms with Crippen molar-refractivity contribution in [1.29, 1.82) is 0 Å². The summed E-state index contributed by atoms with van der Waals surface area (Å²) in [6.07, 6.45) is 0. The number of aromatic nitrogens is 2. The maximum absolute atomic E-state index is 12.0. The van der Waals surface area contributed by atoms with Crippen molar-refractivity contribution in [2.75, 3.05) is 11.1 Å². The fourth-order valence-electron chi connectivity index (χ4n) is 2.11. The van der Waals surface area contributed by atoms with Crippen LogP contribution in [-0.4, -0.2) is 21.4 Å². The topological polar surface area (TPSA) is 46.9 Å². The van der Waals surface area contributed by atoms with Crippen LogP contribution in [0.15, 0.2) is 35.2 Å². The summed E-state index contributed by atoms with van der Waals surface area (Å²) < 4.78 is 1.68. The highest BCUT2D eigenvalue weighted by atomic mass is 32.2. The molecule has 1 aromatic heterocycles. The molecule has 0 atom stereocenters. The van der Waals surface area contributed by atoms with Crippen LogP contribution >= 0.6 is 11.8 Å². The lowest BCUT2D eigenvalue weighted by Gasteiger charge is -2.19. The molecule has 0 bridgehead atoms. The Labute approximate surface area is 136 Å². The number of rotatable bonds is 4. The highest BCUT2D eigenvalue weighted by Crippen LogP contribution is 2.25. The van der Waals surface area contributed by atoms with Crippen molar-refractivity contribution in [1.82, 2.24) is 9.78 Å². The lowest BCUT2D eigenvalue weighted by atomic mass is 9.87. The second-order valence-corrected chi connectivity index (χ2v) is 7.45. The first-order valence-corrected chi connectivity index (χ1v) is 8.28. The third kappa shape index (κ3) is 4.37. The van der Waals surface area contributed by atoms with E-state index in [4.69, 9.17) is 0 Å². The normalized spacial score (nSPS) is 11.5. The van der Waals surface area contributed by atoms with Crippen molar-refractivity contribution in [2.24, 2.45) is 7.05 Å². The van der Waals surface area contributed by atoms with Crippen LogP contribution in [0.5, 0.6) is 0 Å². The summed E-state index contributed by atoms with van der Waals surface area (Å²) in [5, 5.41) is 7.09. The zero-order valence-corrected chi connectivity index (χ0v) is 14.6. The van der Waals surface area contributed by atoms with Gasteiger partial charge in [-0.3, -0.25) is 9.48 Å². The number of amides is 1. The van der Waals surface area contributed by atoms with E-state index in [0.29, 0.717) is 5.75 Å². The number of thioether (sulfide) groups is 1. The quantitative estimate of drug-likeness (QED) is 0.874. The molecule has 0 spiro atoms. The first kappa shape index (κ1) is 16.6. The Morgan fingerprint density at radius 1 is 1.27 bits per heavy atom. The van der Waals surface area contributed by atoms with Gasteiger partial charge < -0.3 is 5.32 Å². The van der Waals surface area contributed by atoms with Crippen LogP contribution in [0.2, 0.25) is 0 Å². The van der Waals surface area contributed by atoms with Crippen LogP contribution in [0.25, 0.3) is 0 Å². The molecular weight excluding hydrogens is 294 g/mol. The highest BCUT2D eigenvalue weighted by molar-refractivity contribution is 8.00. The molecule has 2 rings (SSSR count). The number of aryl methyl sites for hydroxylation is 2. The predicted octanol–water partition coefficient (Wildman–Crippen LogP) is 3.76. The van der Waals surface area contributed by atoms with E-state index in [0.717, 1.165) is 16.4 Å². The third-order valence-electron chi connectivity index (χ3n) is 3.36. The minimum Gasteiger partial charge on any atom is -0.310 e. The van der Waals surface area contributed by atoms with Gasteiger partial charge in [0.05, 0.1) is 11.4 Å². The predicted molar refractivity (Wildman–Crippen MR) is 92.4 cm³/mol. The zero-order valence-electron chi connectivity index (χ0n) is 13.8. The first-order chi connectivity index (χ1) is 10.3. The van der Waals surface area contributed by atoms with Gasteiger partial charge in [-0.15, -0.1) is 11.8 Å². The number of carbonyl (C=O) groups is 1. The van der Waals surface area contributed by atoms with E-state index in [1.807, 2.05) is 20.0 Å². The summed E-state index contributed by atoms with van der Waals surface area (Å²) in [6, 6.07) is 10.3. The Morgan fingerprint density at radius 2 is 1.91 bits per heavy atom. The van der Waals surface area contributed by atoms with Crippen LogP contribution in [0.4, 0.5) is 5.82 Å². The maximum atomic E-state index is 12.0. The van der Waals surface area contributed by atoms with Crippen LogP contribution < -0.4 is 5.32 Å². The van der Waals surface area contributed by atoms with Gasteiger partial charge in [-0.2, -0.15) is 5.10 Å². The van der Waals surface area contributed by atoms with Crippen molar-refractivity contribution in [3.05, 3.63) is 41.6 Å². The maximum Gasteiger partial charge on any atom is 0.235 e. The van der Waals surface area contributed by atoms with Crippen molar-refractivity contribution in [2.45, 2.75) is 38.0 Å². The molecule has 0 saturated heterocycles. The molecular formula is C17H23N3OS. The van der Waals surface area contributed by atoms with Gasteiger partial charge >= 0.3 is 0 Å². The molecule has 0 aliphatic heterocycles. The molecule has 0 radical (unpaired) electrons. The van der Waals surface area contributed by atoms with E-state index < -0.39 is 0 Å². The molecule has 1 amide bonds. The van der Waals surface area contributed by atoms with E-state index in [2.05, 4.69) is 55.5 Å². The summed E-state index contributed by atoms with van der Waals surface area (Å²) >= 11 is 1.54. The van der Waals surface area contributed by atoms with E-state index >= 15 is 0 Å². The largest absolute Gasteiger partial charge is 0.310 e. The lowest BCUT2D eigenvalue weighted by molar-refractivity contribution is -0.113. The molecule has 1 N–H and O–H groups in total. The zero-order chi connectivity index (χ0) is 16.3. The van der Waals surface area contributed by atoms with Crippen molar-refractivity contribution in [3.63, 3.8) is 0 Å². The Bertz CT molecular complexity index is 654. The number of nitrogens with one attached hydrogen (secondary N) is 1. The minimum atomic E-state index is -0.0205. The fourth-order valence-corrected chi connectivity index (χ4v) is 2.81. The van der Waals surface area contributed by atoms with Gasteiger partial charge in [-0.1, -0.05) is 32.9 Å². The van der Waals surface area contributed by atoms with Crippen LogP contribution in [-0.2, 0) is 17.3 Å². The Kier molecular flexibility index (Phi) is 4.96. The van der Waals surface area contributed by atoms with Crippen molar-refractivity contribution in [3.8, 4) is 0 Å². The number of hydrogen-bond acceptors (Lipinski definition) is 3. The molecule has 2 aromatic rings. The smallest absolute Gasteiger partial charge is 0.235 e. The van der Waals surface area contributed by atoms with Gasteiger partial charge in [-0.05, 0) is 30.0 Å². The lowest BCUT2D eigenvalue weighted by Crippen LogP contribution is -2.16. The van der Waals surface area contributed by atoms with Crippen LogP contribution in [0.1, 0.15) is 32.0 Å². The summed E-state index contributed by atoms with van der Waals surface area (Å²) in [5.74, 6) is 1.10. The summed E-state index contributed by atoms with van der Waals surface area (Å²) in [6.45, 7) is 8.48. The van der Waals surface area contributed by atoms with Crippen molar-refractivity contribution >= 4 is 23.5 Å². The number of benzene rings is 1. The number of carbonyl (C=O) groups excluding carboxylic acids is 1. The monoisotopic (exact) mass is 317 g/mol. The molecule has 0 aliphatic carbocycles.